The summed E-state index contributed by atoms with van der Waals surface area (Å²) < 4.78 is 26.8. The Labute approximate surface area is 110 Å². The van der Waals surface area contributed by atoms with Crippen LogP contribution in [0.1, 0.15) is 27.0 Å². The zero-order chi connectivity index (χ0) is 14.0. The quantitative estimate of drug-likeness (QED) is 0.762. The van der Waals surface area contributed by atoms with Crippen molar-refractivity contribution in [2.75, 3.05) is 0 Å². The number of hydrogen-bond donors (Lipinski definition) is 0. The van der Waals surface area contributed by atoms with Gasteiger partial charge in [0, 0.05) is 6.42 Å². The normalized spacial score (nSPS) is 10.5. The van der Waals surface area contributed by atoms with E-state index in [1.54, 1.807) is 26.0 Å². The maximum Gasteiger partial charge on any atom is 0.170 e. The fourth-order valence-electron chi connectivity index (χ4n) is 1.94. The first kappa shape index (κ1) is 13.4. The van der Waals surface area contributed by atoms with Crippen molar-refractivity contribution in [2.45, 2.75) is 20.3 Å². The Morgan fingerprint density at radius 3 is 2.47 bits per heavy atom. The molecule has 0 fully saturated rings. The van der Waals surface area contributed by atoms with E-state index in [-0.39, 0.29) is 17.8 Å². The molecule has 0 amide bonds. The van der Waals surface area contributed by atoms with Crippen LogP contribution in [-0.2, 0) is 6.42 Å². The molecule has 0 atom stereocenters. The Morgan fingerprint density at radius 2 is 1.79 bits per heavy atom. The molecular weight excluding hydrogens is 246 g/mol. The summed E-state index contributed by atoms with van der Waals surface area (Å²) in [6.45, 7) is 3.56. The highest BCUT2D eigenvalue weighted by atomic mass is 19.1. The first-order chi connectivity index (χ1) is 8.97. The Bertz CT molecular complexity index is 633. The van der Waals surface area contributed by atoms with Gasteiger partial charge in [0.1, 0.15) is 11.6 Å². The number of benzene rings is 2. The monoisotopic (exact) mass is 260 g/mol. The number of Topliss-reactive ketones (excluding diaryl/α,β-unsaturated/α-hetero) is 1. The van der Waals surface area contributed by atoms with Crippen molar-refractivity contribution in [1.29, 1.82) is 0 Å². The highest BCUT2D eigenvalue weighted by Crippen LogP contribution is 2.16. The number of halogens is 2. The van der Waals surface area contributed by atoms with E-state index in [0.717, 1.165) is 11.1 Å². The summed E-state index contributed by atoms with van der Waals surface area (Å²) >= 11 is 0. The van der Waals surface area contributed by atoms with E-state index in [2.05, 4.69) is 0 Å². The van der Waals surface area contributed by atoms with Gasteiger partial charge in [0.05, 0.1) is 5.56 Å². The van der Waals surface area contributed by atoms with Gasteiger partial charge in [-0.25, -0.2) is 8.78 Å². The fourth-order valence-corrected chi connectivity index (χ4v) is 1.94. The van der Waals surface area contributed by atoms with Gasteiger partial charge < -0.3 is 0 Å². The largest absolute Gasteiger partial charge is 0.294 e. The molecule has 1 nitrogen and oxygen atoms in total. The van der Waals surface area contributed by atoms with Crippen molar-refractivity contribution in [3.63, 3.8) is 0 Å². The Kier molecular flexibility index (Phi) is 3.74. The van der Waals surface area contributed by atoms with Crippen molar-refractivity contribution in [3.05, 3.63) is 70.3 Å². The third-order valence-corrected chi connectivity index (χ3v) is 3.09. The molecule has 0 spiro atoms. The first-order valence-corrected chi connectivity index (χ1v) is 6.02. The van der Waals surface area contributed by atoms with Crippen LogP contribution in [0.25, 0.3) is 0 Å². The summed E-state index contributed by atoms with van der Waals surface area (Å²) in [6, 6.07) is 8.76. The van der Waals surface area contributed by atoms with Crippen molar-refractivity contribution in [2.24, 2.45) is 0 Å². The Morgan fingerprint density at radius 1 is 1.05 bits per heavy atom. The Hall–Kier alpha value is -2.03. The maximum absolute atomic E-state index is 13.7. The van der Waals surface area contributed by atoms with Gasteiger partial charge in [-0.05, 0) is 54.8 Å². The van der Waals surface area contributed by atoms with E-state index in [9.17, 15) is 13.6 Å². The van der Waals surface area contributed by atoms with Gasteiger partial charge >= 0.3 is 0 Å². The van der Waals surface area contributed by atoms with Crippen LogP contribution in [0.15, 0.2) is 36.4 Å². The molecule has 0 heterocycles. The minimum Gasteiger partial charge on any atom is -0.294 e. The number of ketones is 1. The molecule has 0 N–H and O–H groups in total. The molecule has 19 heavy (non-hydrogen) atoms. The lowest BCUT2D eigenvalue weighted by molar-refractivity contribution is 0.0989. The van der Waals surface area contributed by atoms with Crippen molar-refractivity contribution in [1.82, 2.24) is 0 Å². The van der Waals surface area contributed by atoms with Gasteiger partial charge in [0.2, 0.25) is 0 Å². The lowest BCUT2D eigenvalue weighted by Gasteiger charge is -2.07. The maximum atomic E-state index is 13.7. The molecule has 2 aromatic rings. The molecule has 98 valence electrons. The second kappa shape index (κ2) is 5.31. The van der Waals surface area contributed by atoms with E-state index < -0.39 is 11.6 Å². The molecular formula is C16H14F2O. The van der Waals surface area contributed by atoms with Gasteiger partial charge in [-0.3, -0.25) is 4.79 Å². The molecule has 0 saturated heterocycles. The van der Waals surface area contributed by atoms with E-state index in [1.807, 2.05) is 0 Å². The standard InChI is InChI=1S/C16H14F2O/c1-10-3-6-14(15(18)7-10)16(19)9-12-8-13(17)5-4-11(12)2/h3-8H,9H2,1-2H3. The van der Waals surface area contributed by atoms with Crippen LogP contribution < -0.4 is 0 Å². The number of carbonyl (C=O) groups is 1. The van der Waals surface area contributed by atoms with E-state index in [0.29, 0.717) is 5.56 Å². The number of carbonyl (C=O) groups excluding carboxylic acids is 1. The summed E-state index contributed by atoms with van der Waals surface area (Å²) in [7, 11) is 0. The average Bonchev–Trinajstić information content (AvgIpc) is 2.33. The van der Waals surface area contributed by atoms with Crippen LogP contribution in [0.2, 0.25) is 0 Å². The second-order valence-corrected chi connectivity index (χ2v) is 4.65. The van der Waals surface area contributed by atoms with E-state index in [4.69, 9.17) is 0 Å². The summed E-state index contributed by atoms with van der Waals surface area (Å²) in [5.41, 5.74) is 2.22. The number of aryl methyl sites for hydroxylation is 2. The molecule has 0 bridgehead atoms. The summed E-state index contributed by atoms with van der Waals surface area (Å²) in [6.07, 6.45) is 0.00355. The Balaban J connectivity index is 2.28. The molecule has 0 saturated carbocycles. The number of rotatable bonds is 3. The average molecular weight is 260 g/mol. The van der Waals surface area contributed by atoms with E-state index >= 15 is 0 Å². The molecule has 0 unspecified atom stereocenters. The second-order valence-electron chi connectivity index (χ2n) is 4.65. The summed E-state index contributed by atoms with van der Waals surface area (Å²) in [5.74, 6) is -1.26. The highest BCUT2D eigenvalue weighted by Gasteiger charge is 2.13. The molecule has 0 aliphatic carbocycles. The fraction of sp³-hybridized carbons (Fsp3) is 0.188. The van der Waals surface area contributed by atoms with Gasteiger partial charge in [-0.2, -0.15) is 0 Å². The first-order valence-electron chi connectivity index (χ1n) is 6.02. The van der Waals surface area contributed by atoms with Gasteiger partial charge in [-0.1, -0.05) is 12.1 Å². The molecule has 0 aliphatic heterocycles. The third kappa shape index (κ3) is 3.05. The molecule has 0 aliphatic rings. The lowest BCUT2D eigenvalue weighted by atomic mass is 9.98. The summed E-state index contributed by atoms with van der Waals surface area (Å²) in [5, 5.41) is 0. The molecule has 0 radical (unpaired) electrons. The molecule has 2 rings (SSSR count). The predicted octanol–water partition coefficient (Wildman–Crippen LogP) is 4.01. The zero-order valence-corrected chi connectivity index (χ0v) is 10.8. The molecule has 0 aromatic heterocycles. The predicted molar refractivity (Wildman–Crippen MR) is 70.3 cm³/mol. The van der Waals surface area contributed by atoms with E-state index in [1.165, 1.54) is 24.3 Å². The van der Waals surface area contributed by atoms with Crippen LogP contribution in [0.3, 0.4) is 0 Å². The zero-order valence-electron chi connectivity index (χ0n) is 10.8. The van der Waals surface area contributed by atoms with Gasteiger partial charge in [0.25, 0.3) is 0 Å². The van der Waals surface area contributed by atoms with Crippen LogP contribution in [0.4, 0.5) is 8.78 Å². The van der Waals surface area contributed by atoms with Crippen LogP contribution in [0, 0.1) is 25.5 Å². The highest BCUT2D eigenvalue weighted by molar-refractivity contribution is 5.97. The van der Waals surface area contributed by atoms with Gasteiger partial charge in [-0.15, -0.1) is 0 Å². The molecule has 3 heteroatoms. The van der Waals surface area contributed by atoms with Crippen LogP contribution in [0.5, 0.6) is 0 Å². The topological polar surface area (TPSA) is 17.1 Å². The smallest absolute Gasteiger partial charge is 0.170 e. The minimum absolute atomic E-state index is 0.00355. The lowest BCUT2D eigenvalue weighted by Crippen LogP contribution is -2.07. The number of hydrogen-bond acceptors (Lipinski definition) is 1. The van der Waals surface area contributed by atoms with Crippen LogP contribution >= 0.6 is 0 Å². The van der Waals surface area contributed by atoms with Crippen molar-refractivity contribution < 1.29 is 13.6 Å². The van der Waals surface area contributed by atoms with Crippen molar-refractivity contribution in [3.8, 4) is 0 Å². The summed E-state index contributed by atoms with van der Waals surface area (Å²) in [4.78, 5) is 12.0. The molecule has 2 aromatic carbocycles. The SMILES string of the molecule is Cc1ccc(C(=O)Cc2cc(F)ccc2C)c(F)c1. The van der Waals surface area contributed by atoms with Crippen LogP contribution in [-0.4, -0.2) is 5.78 Å². The van der Waals surface area contributed by atoms with Crippen molar-refractivity contribution >= 4 is 5.78 Å². The third-order valence-electron chi connectivity index (χ3n) is 3.09. The van der Waals surface area contributed by atoms with Gasteiger partial charge in [0.15, 0.2) is 5.78 Å². The minimum atomic E-state index is -0.529.